The van der Waals surface area contributed by atoms with Gasteiger partial charge in [0.2, 0.25) is 0 Å². The molecule has 0 aliphatic carbocycles. The molecule has 2 rings (SSSR count). The summed E-state index contributed by atoms with van der Waals surface area (Å²) in [5, 5.41) is 0. The molecule has 1 fully saturated rings. The highest BCUT2D eigenvalue weighted by Gasteiger charge is 2.29. The molecule has 2 heteroatoms. The molecule has 1 saturated heterocycles. The second kappa shape index (κ2) is 4.36. The van der Waals surface area contributed by atoms with E-state index in [0.717, 1.165) is 5.69 Å². The minimum absolute atomic E-state index is 0.660. The number of hydrogen-bond acceptors (Lipinski definition) is 2. The average molecular weight is 218 g/mol. The molecular weight excluding hydrogens is 196 g/mol. The smallest absolute Gasteiger partial charge is 0.0402 e. The van der Waals surface area contributed by atoms with Crippen LogP contribution in [0.25, 0.3) is 0 Å². The molecule has 88 valence electrons. The number of aryl methyl sites for hydroxylation is 1. The maximum atomic E-state index is 5.81. The molecule has 0 radical (unpaired) electrons. The van der Waals surface area contributed by atoms with Crippen molar-refractivity contribution in [2.45, 2.75) is 52.1 Å². The molecule has 2 nitrogen and oxygen atoms in total. The standard InChI is InChI=1S/C14H22N2/c1-4-13-7-5-11(3)16(13)14-8-6-12(15)9-10(14)2/h6,8-9,11,13H,4-5,7,15H2,1-3H3. The molecule has 16 heavy (non-hydrogen) atoms. The molecule has 0 aromatic heterocycles. The van der Waals surface area contributed by atoms with Crippen molar-refractivity contribution in [1.29, 1.82) is 0 Å². The van der Waals surface area contributed by atoms with Gasteiger partial charge in [-0.2, -0.15) is 0 Å². The summed E-state index contributed by atoms with van der Waals surface area (Å²) in [6.45, 7) is 6.76. The van der Waals surface area contributed by atoms with E-state index in [4.69, 9.17) is 5.73 Å². The summed E-state index contributed by atoms with van der Waals surface area (Å²) < 4.78 is 0. The molecule has 1 aliphatic rings. The Balaban J connectivity index is 2.34. The predicted molar refractivity (Wildman–Crippen MR) is 70.8 cm³/mol. The highest BCUT2D eigenvalue weighted by atomic mass is 15.2. The number of anilines is 2. The van der Waals surface area contributed by atoms with Gasteiger partial charge in [0.15, 0.2) is 0 Å². The van der Waals surface area contributed by atoms with E-state index in [0.29, 0.717) is 12.1 Å². The molecule has 0 saturated carbocycles. The Labute approximate surface area is 98.4 Å². The van der Waals surface area contributed by atoms with Crippen molar-refractivity contribution in [3.8, 4) is 0 Å². The van der Waals surface area contributed by atoms with E-state index >= 15 is 0 Å². The van der Waals surface area contributed by atoms with E-state index in [9.17, 15) is 0 Å². The highest BCUT2D eigenvalue weighted by molar-refractivity contribution is 5.60. The van der Waals surface area contributed by atoms with Gasteiger partial charge >= 0.3 is 0 Å². The summed E-state index contributed by atoms with van der Waals surface area (Å²) in [6, 6.07) is 7.63. The fourth-order valence-corrected chi connectivity index (χ4v) is 2.87. The van der Waals surface area contributed by atoms with Crippen molar-refractivity contribution in [3.05, 3.63) is 23.8 Å². The Morgan fingerprint density at radius 2 is 2.12 bits per heavy atom. The van der Waals surface area contributed by atoms with Crippen LogP contribution in [0.3, 0.4) is 0 Å². The maximum Gasteiger partial charge on any atom is 0.0402 e. The van der Waals surface area contributed by atoms with Gasteiger partial charge in [0.25, 0.3) is 0 Å². The van der Waals surface area contributed by atoms with Gasteiger partial charge < -0.3 is 10.6 Å². The lowest BCUT2D eigenvalue weighted by atomic mass is 10.1. The number of nitrogens with two attached hydrogens (primary N) is 1. The highest BCUT2D eigenvalue weighted by Crippen LogP contribution is 2.34. The Bertz CT molecular complexity index is 373. The molecular formula is C14H22N2. The first-order chi connectivity index (χ1) is 7.63. The first-order valence-corrected chi connectivity index (χ1v) is 6.28. The van der Waals surface area contributed by atoms with Crippen molar-refractivity contribution >= 4 is 11.4 Å². The Morgan fingerprint density at radius 1 is 1.38 bits per heavy atom. The Hall–Kier alpha value is -1.18. The van der Waals surface area contributed by atoms with Crippen LogP contribution >= 0.6 is 0 Å². The average Bonchev–Trinajstić information content (AvgIpc) is 2.60. The Morgan fingerprint density at radius 3 is 2.75 bits per heavy atom. The van der Waals surface area contributed by atoms with Crippen LogP contribution in [0.2, 0.25) is 0 Å². The molecule has 1 heterocycles. The third-order valence-electron chi connectivity index (χ3n) is 3.76. The molecule has 0 amide bonds. The molecule has 2 unspecified atom stereocenters. The summed E-state index contributed by atoms with van der Waals surface area (Å²) >= 11 is 0. The lowest BCUT2D eigenvalue weighted by Gasteiger charge is -2.31. The third kappa shape index (κ3) is 1.89. The SMILES string of the molecule is CCC1CCC(C)N1c1ccc(N)cc1C. The molecule has 0 spiro atoms. The van der Waals surface area contributed by atoms with E-state index < -0.39 is 0 Å². The first-order valence-electron chi connectivity index (χ1n) is 6.28. The zero-order valence-electron chi connectivity index (χ0n) is 10.5. The van der Waals surface area contributed by atoms with E-state index in [1.807, 2.05) is 6.07 Å². The topological polar surface area (TPSA) is 29.3 Å². The molecule has 2 atom stereocenters. The van der Waals surface area contributed by atoms with Crippen LogP contribution in [0.1, 0.15) is 38.7 Å². The van der Waals surface area contributed by atoms with Gasteiger partial charge in [0, 0.05) is 23.5 Å². The van der Waals surface area contributed by atoms with Gasteiger partial charge in [-0.15, -0.1) is 0 Å². The second-order valence-electron chi connectivity index (χ2n) is 4.94. The summed E-state index contributed by atoms with van der Waals surface area (Å²) in [5.74, 6) is 0. The molecule has 1 aromatic carbocycles. The van der Waals surface area contributed by atoms with Gasteiger partial charge in [0.1, 0.15) is 0 Å². The summed E-state index contributed by atoms with van der Waals surface area (Å²) in [5.41, 5.74) is 9.34. The van der Waals surface area contributed by atoms with Crippen LogP contribution in [0.5, 0.6) is 0 Å². The van der Waals surface area contributed by atoms with Gasteiger partial charge in [-0.1, -0.05) is 6.92 Å². The number of nitrogen functional groups attached to an aromatic ring is 1. The van der Waals surface area contributed by atoms with Crippen LogP contribution < -0.4 is 10.6 Å². The van der Waals surface area contributed by atoms with Crippen LogP contribution in [-0.2, 0) is 0 Å². The lowest BCUT2D eigenvalue weighted by molar-refractivity contribution is 0.627. The summed E-state index contributed by atoms with van der Waals surface area (Å²) in [6.07, 6.45) is 3.86. The largest absolute Gasteiger partial charge is 0.399 e. The van der Waals surface area contributed by atoms with E-state index in [2.05, 4.69) is 37.8 Å². The molecule has 1 aromatic rings. The summed E-state index contributed by atoms with van der Waals surface area (Å²) in [7, 11) is 0. The monoisotopic (exact) mass is 218 g/mol. The van der Waals surface area contributed by atoms with Crippen molar-refractivity contribution in [2.75, 3.05) is 10.6 Å². The van der Waals surface area contributed by atoms with Crippen molar-refractivity contribution < 1.29 is 0 Å². The number of rotatable bonds is 2. The number of nitrogens with zero attached hydrogens (tertiary/aromatic N) is 1. The zero-order chi connectivity index (χ0) is 11.7. The normalized spacial score (nSPS) is 25.1. The fourth-order valence-electron chi connectivity index (χ4n) is 2.87. The van der Waals surface area contributed by atoms with E-state index in [-0.39, 0.29) is 0 Å². The second-order valence-corrected chi connectivity index (χ2v) is 4.94. The van der Waals surface area contributed by atoms with Gasteiger partial charge in [-0.25, -0.2) is 0 Å². The Kier molecular flexibility index (Phi) is 3.08. The van der Waals surface area contributed by atoms with Crippen LogP contribution in [-0.4, -0.2) is 12.1 Å². The van der Waals surface area contributed by atoms with Crippen molar-refractivity contribution in [3.63, 3.8) is 0 Å². The molecule has 1 aliphatic heterocycles. The quantitative estimate of drug-likeness (QED) is 0.771. The van der Waals surface area contributed by atoms with Crippen LogP contribution in [0.4, 0.5) is 11.4 Å². The first kappa shape index (κ1) is 11.3. The lowest BCUT2D eigenvalue weighted by Crippen LogP contribution is -2.34. The third-order valence-corrected chi connectivity index (χ3v) is 3.76. The molecule has 0 bridgehead atoms. The summed E-state index contributed by atoms with van der Waals surface area (Å²) in [4.78, 5) is 2.58. The molecule has 2 N–H and O–H groups in total. The number of benzene rings is 1. The van der Waals surface area contributed by atoms with Gasteiger partial charge in [0.05, 0.1) is 0 Å². The minimum atomic E-state index is 0.660. The van der Waals surface area contributed by atoms with E-state index in [1.165, 1.54) is 30.5 Å². The maximum absolute atomic E-state index is 5.81. The van der Waals surface area contributed by atoms with Crippen molar-refractivity contribution in [2.24, 2.45) is 0 Å². The van der Waals surface area contributed by atoms with Crippen LogP contribution in [0, 0.1) is 6.92 Å². The predicted octanol–water partition coefficient (Wildman–Crippen LogP) is 3.34. The number of hydrogen-bond donors (Lipinski definition) is 1. The van der Waals surface area contributed by atoms with Gasteiger partial charge in [-0.3, -0.25) is 0 Å². The fraction of sp³-hybridized carbons (Fsp3) is 0.571. The van der Waals surface area contributed by atoms with Crippen LogP contribution in [0.15, 0.2) is 18.2 Å². The van der Waals surface area contributed by atoms with E-state index in [1.54, 1.807) is 0 Å². The zero-order valence-corrected chi connectivity index (χ0v) is 10.5. The van der Waals surface area contributed by atoms with Gasteiger partial charge in [-0.05, 0) is 56.9 Å². The van der Waals surface area contributed by atoms with Crippen molar-refractivity contribution in [1.82, 2.24) is 0 Å². The minimum Gasteiger partial charge on any atom is -0.399 e.